The van der Waals surface area contributed by atoms with Crippen molar-refractivity contribution in [3.05, 3.63) is 41.1 Å². The largest absolute Gasteiger partial charge is 0.298 e. The topological polar surface area (TPSA) is 45.8 Å². The monoisotopic (exact) mass is 244 g/mol. The molecule has 17 heavy (non-hydrogen) atoms. The fourth-order valence-corrected chi connectivity index (χ4v) is 3.12. The molecule has 1 aliphatic rings. The molecule has 1 aromatic heterocycles. The van der Waals surface area contributed by atoms with Crippen LogP contribution >= 0.6 is 11.8 Å². The van der Waals surface area contributed by atoms with Gasteiger partial charge in [-0.05, 0) is 18.2 Å². The van der Waals surface area contributed by atoms with Crippen LogP contribution in [0.2, 0.25) is 0 Å². The highest BCUT2D eigenvalue weighted by Gasteiger charge is 2.18. The molecular formula is C13H12N2OS. The van der Waals surface area contributed by atoms with Crippen LogP contribution in [0.1, 0.15) is 21.6 Å². The lowest BCUT2D eigenvalue weighted by Gasteiger charge is -2.11. The molecule has 0 bridgehead atoms. The minimum Gasteiger partial charge on any atom is -0.298 e. The predicted molar refractivity (Wildman–Crippen MR) is 69.3 cm³/mol. The van der Waals surface area contributed by atoms with E-state index in [9.17, 15) is 4.79 Å². The molecule has 2 aromatic rings. The van der Waals surface area contributed by atoms with Crippen LogP contribution in [0.25, 0.3) is 11.3 Å². The molecule has 0 saturated carbocycles. The van der Waals surface area contributed by atoms with Crippen LogP contribution in [0, 0.1) is 0 Å². The lowest BCUT2D eigenvalue weighted by Crippen LogP contribution is -2.00. The molecule has 0 fully saturated rings. The number of aromatic amines is 1. The third kappa shape index (κ3) is 1.89. The third-order valence-electron chi connectivity index (χ3n) is 2.99. The summed E-state index contributed by atoms with van der Waals surface area (Å²) in [5.41, 5.74) is 5.26. The van der Waals surface area contributed by atoms with E-state index in [1.807, 2.05) is 36.0 Å². The Balaban J connectivity index is 2.08. The highest BCUT2D eigenvalue weighted by Crippen LogP contribution is 2.31. The van der Waals surface area contributed by atoms with Gasteiger partial charge in [-0.2, -0.15) is 16.9 Å². The Morgan fingerprint density at radius 2 is 2.35 bits per heavy atom. The van der Waals surface area contributed by atoms with Crippen molar-refractivity contribution in [3.8, 4) is 11.3 Å². The molecule has 86 valence electrons. The number of carbonyl (C=O) groups is 1. The quantitative estimate of drug-likeness (QED) is 0.826. The van der Waals surface area contributed by atoms with Crippen molar-refractivity contribution in [3.63, 3.8) is 0 Å². The Labute approximate surface area is 104 Å². The Hall–Kier alpha value is -1.55. The zero-order valence-corrected chi connectivity index (χ0v) is 10.1. The van der Waals surface area contributed by atoms with Crippen molar-refractivity contribution in [1.29, 1.82) is 0 Å². The average Bonchev–Trinajstić information content (AvgIpc) is 2.82. The van der Waals surface area contributed by atoms with Crippen molar-refractivity contribution in [2.24, 2.45) is 0 Å². The van der Waals surface area contributed by atoms with E-state index in [0.29, 0.717) is 5.56 Å². The number of nitrogens with one attached hydrogen (secondary N) is 1. The first-order valence-corrected chi connectivity index (χ1v) is 6.73. The molecule has 0 atom stereocenters. The van der Waals surface area contributed by atoms with Gasteiger partial charge in [0.1, 0.15) is 6.29 Å². The molecule has 1 aliphatic heterocycles. The summed E-state index contributed by atoms with van der Waals surface area (Å²) in [4.78, 5) is 10.8. The predicted octanol–water partition coefficient (Wildman–Crippen LogP) is 2.68. The van der Waals surface area contributed by atoms with Gasteiger partial charge in [0.15, 0.2) is 0 Å². The maximum atomic E-state index is 10.8. The Morgan fingerprint density at radius 3 is 3.24 bits per heavy atom. The molecule has 4 heteroatoms. The van der Waals surface area contributed by atoms with E-state index in [1.165, 1.54) is 11.3 Å². The normalized spacial score (nSPS) is 14.4. The van der Waals surface area contributed by atoms with Crippen molar-refractivity contribution in [2.45, 2.75) is 12.2 Å². The van der Waals surface area contributed by atoms with Gasteiger partial charge in [-0.1, -0.05) is 18.2 Å². The molecule has 0 radical (unpaired) electrons. The summed E-state index contributed by atoms with van der Waals surface area (Å²) >= 11 is 1.93. The van der Waals surface area contributed by atoms with Gasteiger partial charge >= 0.3 is 0 Å². The third-order valence-corrected chi connectivity index (χ3v) is 3.98. The number of aromatic nitrogens is 2. The lowest BCUT2D eigenvalue weighted by molar-refractivity contribution is 0.112. The van der Waals surface area contributed by atoms with Gasteiger partial charge < -0.3 is 0 Å². The maximum absolute atomic E-state index is 10.8. The number of hydrogen-bond donors (Lipinski definition) is 1. The zero-order chi connectivity index (χ0) is 11.7. The van der Waals surface area contributed by atoms with Crippen molar-refractivity contribution in [2.75, 3.05) is 5.75 Å². The van der Waals surface area contributed by atoms with Crippen molar-refractivity contribution in [1.82, 2.24) is 10.2 Å². The number of carbonyl (C=O) groups excluding carboxylic acids is 1. The van der Waals surface area contributed by atoms with Gasteiger partial charge in [0.05, 0.1) is 5.69 Å². The molecular weight excluding hydrogens is 232 g/mol. The summed E-state index contributed by atoms with van der Waals surface area (Å²) in [6.07, 6.45) is 1.93. The molecule has 1 N–H and O–H groups in total. The lowest BCUT2D eigenvalue weighted by atomic mass is 10.0. The second kappa shape index (κ2) is 4.37. The first-order valence-electron chi connectivity index (χ1n) is 5.58. The number of thioether (sulfide) groups is 1. The van der Waals surface area contributed by atoms with Gasteiger partial charge in [-0.25, -0.2) is 0 Å². The summed E-state index contributed by atoms with van der Waals surface area (Å²) < 4.78 is 0. The van der Waals surface area contributed by atoms with Gasteiger partial charge in [0.2, 0.25) is 0 Å². The molecule has 0 saturated heterocycles. The molecule has 0 spiro atoms. The number of hydrogen-bond acceptors (Lipinski definition) is 3. The van der Waals surface area contributed by atoms with Crippen LogP contribution in [0.4, 0.5) is 0 Å². The highest BCUT2D eigenvalue weighted by molar-refractivity contribution is 7.98. The number of H-pyrrole nitrogens is 1. The summed E-state index contributed by atoms with van der Waals surface area (Å²) in [6.45, 7) is 0. The second-order valence-electron chi connectivity index (χ2n) is 4.08. The first-order chi connectivity index (χ1) is 8.38. The Morgan fingerprint density at radius 1 is 1.41 bits per heavy atom. The summed E-state index contributed by atoms with van der Waals surface area (Å²) in [5.74, 6) is 2.16. The van der Waals surface area contributed by atoms with Crippen molar-refractivity contribution < 1.29 is 4.79 Å². The molecule has 0 unspecified atom stereocenters. The first kappa shape index (κ1) is 10.6. The summed E-state index contributed by atoms with van der Waals surface area (Å²) in [6, 6.07) is 7.60. The van der Waals surface area contributed by atoms with Crippen LogP contribution in [-0.4, -0.2) is 22.2 Å². The number of aryl methyl sites for hydroxylation is 1. The fraction of sp³-hybridized carbons (Fsp3) is 0.231. The second-order valence-corrected chi connectivity index (χ2v) is 5.18. The highest BCUT2D eigenvalue weighted by atomic mass is 32.2. The van der Waals surface area contributed by atoms with E-state index in [2.05, 4.69) is 10.2 Å². The van der Waals surface area contributed by atoms with E-state index >= 15 is 0 Å². The zero-order valence-electron chi connectivity index (χ0n) is 9.27. The molecule has 2 heterocycles. The number of nitrogens with zero attached hydrogens (tertiary/aromatic N) is 1. The summed E-state index contributed by atoms with van der Waals surface area (Å²) in [5, 5.41) is 7.50. The van der Waals surface area contributed by atoms with Crippen LogP contribution in [-0.2, 0) is 12.2 Å². The number of rotatable bonds is 2. The van der Waals surface area contributed by atoms with E-state index < -0.39 is 0 Å². The van der Waals surface area contributed by atoms with Crippen LogP contribution in [0.3, 0.4) is 0 Å². The molecule has 1 aromatic carbocycles. The van der Waals surface area contributed by atoms with Crippen LogP contribution in [0.5, 0.6) is 0 Å². The van der Waals surface area contributed by atoms with Gasteiger partial charge in [-0.3, -0.25) is 9.89 Å². The molecule has 3 rings (SSSR count). The van der Waals surface area contributed by atoms with Crippen LogP contribution < -0.4 is 0 Å². The summed E-state index contributed by atoms with van der Waals surface area (Å²) in [7, 11) is 0. The minimum atomic E-state index is 0.697. The molecule has 0 amide bonds. The fourth-order valence-electron chi connectivity index (χ4n) is 2.11. The van der Waals surface area contributed by atoms with E-state index in [4.69, 9.17) is 0 Å². The van der Waals surface area contributed by atoms with E-state index in [0.717, 1.165) is 35.5 Å². The Bertz CT molecular complexity index is 562. The average molecular weight is 244 g/mol. The number of benzene rings is 1. The van der Waals surface area contributed by atoms with Gasteiger partial charge in [0, 0.05) is 28.1 Å². The van der Waals surface area contributed by atoms with E-state index in [1.54, 1.807) is 0 Å². The molecule has 0 aliphatic carbocycles. The van der Waals surface area contributed by atoms with Gasteiger partial charge in [-0.15, -0.1) is 0 Å². The molecule has 3 nitrogen and oxygen atoms in total. The van der Waals surface area contributed by atoms with Crippen molar-refractivity contribution >= 4 is 18.0 Å². The standard InChI is InChI=1S/C13H12N2OS/c16-7-9-2-1-3-10(6-9)13-11-8-17-5-4-12(11)14-15-13/h1-3,6-7H,4-5,8H2,(H,14,15). The number of fused-ring (bicyclic) bond motifs is 1. The maximum Gasteiger partial charge on any atom is 0.150 e. The number of aldehydes is 1. The van der Waals surface area contributed by atoms with Gasteiger partial charge in [0.25, 0.3) is 0 Å². The minimum absolute atomic E-state index is 0.697. The Kier molecular flexibility index (Phi) is 2.73. The van der Waals surface area contributed by atoms with E-state index in [-0.39, 0.29) is 0 Å². The van der Waals surface area contributed by atoms with Crippen LogP contribution in [0.15, 0.2) is 24.3 Å². The smallest absolute Gasteiger partial charge is 0.150 e. The SMILES string of the molecule is O=Cc1cccc(-c2n[nH]c3c2CSCC3)c1.